The van der Waals surface area contributed by atoms with Crippen LogP contribution in [0.5, 0.6) is 0 Å². The zero-order valence-electron chi connectivity index (χ0n) is 20.4. The molecule has 0 unspecified atom stereocenters. The molecule has 2 aliphatic rings. The predicted octanol–water partition coefficient (Wildman–Crippen LogP) is 2.95. The Hall–Kier alpha value is -3.60. The number of hydrogen-bond donors (Lipinski definition) is 2. The molecule has 4 N–H and O–H groups in total. The van der Waals surface area contributed by atoms with Gasteiger partial charge in [0.05, 0.1) is 10.4 Å². The van der Waals surface area contributed by atoms with Gasteiger partial charge in [0.2, 0.25) is 16.0 Å². The summed E-state index contributed by atoms with van der Waals surface area (Å²) in [6.07, 6.45) is 5.72. The van der Waals surface area contributed by atoms with Gasteiger partial charge in [-0.1, -0.05) is 18.2 Å². The standard InChI is InChI=1S/C27H29N7O2S/c28-22-8-12-34(13-9-22)37(35,36)23-5-3-18-7-11-33(17-21(18)14-23)26-24-15-19(20-2-1-10-30-16-20)4-6-25(24)31-27(29)32-26/h1-6,10,14-16,22H,7-9,11-13,17,28H2,(H2,29,31,32). The Morgan fingerprint density at radius 1 is 0.919 bits per heavy atom. The fourth-order valence-corrected chi connectivity index (χ4v) is 6.74. The second-order valence-corrected chi connectivity index (χ2v) is 11.7. The number of nitrogens with two attached hydrogens (primary N) is 2. The number of hydrogen-bond acceptors (Lipinski definition) is 8. The number of nitrogen functional groups attached to an aromatic ring is 1. The second kappa shape index (κ2) is 9.37. The van der Waals surface area contributed by atoms with Crippen molar-refractivity contribution in [3.8, 4) is 11.1 Å². The molecule has 4 aromatic rings. The lowest BCUT2D eigenvalue weighted by atomic mass is 9.99. The fraction of sp³-hybridized carbons (Fsp3) is 0.296. The van der Waals surface area contributed by atoms with Crippen molar-refractivity contribution in [1.82, 2.24) is 19.3 Å². The van der Waals surface area contributed by atoms with Crippen molar-refractivity contribution in [3.63, 3.8) is 0 Å². The first-order valence-electron chi connectivity index (χ1n) is 12.5. The van der Waals surface area contributed by atoms with Crippen molar-refractivity contribution in [2.75, 3.05) is 30.3 Å². The van der Waals surface area contributed by atoms with E-state index < -0.39 is 10.0 Å². The second-order valence-electron chi connectivity index (χ2n) is 9.72. The molecule has 2 aliphatic heterocycles. The molecule has 0 aliphatic carbocycles. The van der Waals surface area contributed by atoms with Crippen LogP contribution in [0.15, 0.2) is 65.8 Å². The van der Waals surface area contributed by atoms with E-state index in [1.807, 2.05) is 42.6 Å². The van der Waals surface area contributed by atoms with E-state index >= 15 is 0 Å². The van der Waals surface area contributed by atoms with E-state index in [0.29, 0.717) is 37.4 Å². The van der Waals surface area contributed by atoms with Crippen LogP contribution in [0.3, 0.4) is 0 Å². The van der Waals surface area contributed by atoms with Crippen LogP contribution < -0.4 is 16.4 Å². The first kappa shape index (κ1) is 23.8. The largest absolute Gasteiger partial charge is 0.368 e. The van der Waals surface area contributed by atoms with E-state index in [2.05, 4.69) is 25.9 Å². The molecule has 1 saturated heterocycles. The summed E-state index contributed by atoms with van der Waals surface area (Å²) in [7, 11) is -3.57. The lowest BCUT2D eigenvalue weighted by Crippen LogP contribution is -2.42. The minimum Gasteiger partial charge on any atom is -0.368 e. The number of anilines is 2. The number of sulfonamides is 1. The lowest BCUT2D eigenvalue weighted by Gasteiger charge is -2.32. The third kappa shape index (κ3) is 4.52. The molecule has 10 heteroatoms. The Labute approximate surface area is 216 Å². The number of nitrogens with zero attached hydrogens (tertiary/aromatic N) is 5. The molecule has 2 aromatic heterocycles. The van der Waals surface area contributed by atoms with E-state index in [1.54, 1.807) is 16.6 Å². The summed E-state index contributed by atoms with van der Waals surface area (Å²) < 4.78 is 28.3. The zero-order chi connectivity index (χ0) is 25.6. The first-order chi connectivity index (χ1) is 17.9. The minimum absolute atomic E-state index is 0.0670. The van der Waals surface area contributed by atoms with Gasteiger partial charge in [0, 0.05) is 55.6 Å². The van der Waals surface area contributed by atoms with Crippen LogP contribution in [0.1, 0.15) is 24.0 Å². The van der Waals surface area contributed by atoms with Crippen LogP contribution >= 0.6 is 0 Å². The van der Waals surface area contributed by atoms with Crippen LogP contribution in [0.25, 0.3) is 22.0 Å². The van der Waals surface area contributed by atoms with Gasteiger partial charge in [-0.15, -0.1) is 0 Å². The van der Waals surface area contributed by atoms with E-state index in [9.17, 15) is 8.42 Å². The topological polar surface area (TPSA) is 131 Å². The predicted molar refractivity (Wildman–Crippen MR) is 144 cm³/mol. The normalized spacial score (nSPS) is 17.2. The summed E-state index contributed by atoms with van der Waals surface area (Å²) in [5.74, 6) is 0.958. The highest BCUT2D eigenvalue weighted by Crippen LogP contribution is 2.33. The summed E-state index contributed by atoms with van der Waals surface area (Å²) >= 11 is 0. The summed E-state index contributed by atoms with van der Waals surface area (Å²) in [5.41, 5.74) is 17.0. The summed E-state index contributed by atoms with van der Waals surface area (Å²) in [6, 6.07) is 15.5. The number of benzene rings is 2. The zero-order valence-corrected chi connectivity index (χ0v) is 21.2. The molecule has 37 heavy (non-hydrogen) atoms. The van der Waals surface area contributed by atoms with E-state index in [1.165, 1.54) is 0 Å². The van der Waals surface area contributed by atoms with Gasteiger partial charge in [0.1, 0.15) is 5.82 Å². The highest BCUT2D eigenvalue weighted by molar-refractivity contribution is 7.89. The summed E-state index contributed by atoms with van der Waals surface area (Å²) in [6.45, 7) is 2.19. The van der Waals surface area contributed by atoms with Gasteiger partial charge in [-0.3, -0.25) is 4.98 Å². The van der Waals surface area contributed by atoms with Crippen molar-refractivity contribution in [2.45, 2.75) is 36.7 Å². The maximum Gasteiger partial charge on any atom is 0.243 e. The fourth-order valence-electron chi connectivity index (χ4n) is 5.22. The van der Waals surface area contributed by atoms with Crippen molar-refractivity contribution in [1.29, 1.82) is 0 Å². The molecule has 0 spiro atoms. The molecule has 0 amide bonds. The molecule has 0 atom stereocenters. The lowest BCUT2D eigenvalue weighted by molar-refractivity contribution is 0.320. The Morgan fingerprint density at radius 3 is 2.54 bits per heavy atom. The number of aromatic nitrogens is 3. The Kier molecular flexibility index (Phi) is 6.02. The molecule has 2 aromatic carbocycles. The van der Waals surface area contributed by atoms with Gasteiger partial charge in [-0.2, -0.15) is 9.29 Å². The van der Waals surface area contributed by atoms with Crippen LogP contribution in [0.4, 0.5) is 11.8 Å². The maximum atomic E-state index is 13.4. The Bertz CT molecular complexity index is 1570. The first-order valence-corrected chi connectivity index (χ1v) is 13.9. The molecule has 4 heterocycles. The van der Waals surface area contributed by atoms with Gasteiger partial charge in [-0.25, -0.2) is 13.4 Å². The van der Waals surface area contributed by atoms with Gasteiger partial charge in [-0.05, 0) is 66.3 Å². The summed E-state index contributed by atoms with van der Waals surface area (Å²) in [4.78, 5) is 15.8. The van der Waals surface area contributed by atoms with E-state index in [0.717, 1.165) is 51.9 Å². The molecular weight excluding hydrogens is 486 g/mol. The number of rotatable bonds is 4. The van der Waals surface area contributed by atoms with Gasteiger partial charge >= 0.3 is 0 Å². The molecule has 6 rings (SSSR count). The van der Waals surface area contributed by atoms with Crippen LogP contribution in [0, 0.1) is 0 Å². The van der Waals surface area contributed by atoms with Crippen molar-refractivity contribution < 1.29 is 8.42 Å². The average molecular weight is 516 g/mol. The van der Waals surface area contributed by atoms with Crippen molar-refractivity contribution >= 4 is 32.7 Å². The number of fused-ring (bicyclic) bond motifs is 2. The minimum atomic E-state index is -3.57. The number of pyridine rings is 1. The molecule has 190 valence electrons. The van der Waals surface area contributed by atoms with E-state index in [-0.39, 0.29) is 12.0 Å². The molecule has 0 saturated carbocycles. The van der Waals surface area contributed by atoms with Gasteiger partial charge < -0.3 is 16.4 Å². The van der Waals surface area contributed by atoms with Crippen LogP contribution in [0.2, 0.25) is 0 Å². The average Bonchev–Trinajstić information content (AvgIpc) is 2.92. The van der Waals surface area contributed by atoms with Crippen molar-refractivity contribution in [3.05, 3.63) is 72.1 Å². The van der Waals surface area contributed by atoms with E-state index in [4.69, 9.17) is 11.5 Å². The molecule has 0 bridgehead atoms. The highest BCUT2D eigenvalue weighted by Gasteiger charge is 2.30. The SMILES string of the molecule is Nc1nc(N2CCc3ccc(S(=O)(=O)N4CCC(N)CC4)cc3C2)c2cc(-c3cccnc3)ccc2n1. The monoisotopic (exact) mass is 515 g/mol. The highest BCUT2D eigenvalue weighted by atomic mass is 32.2. The summed E-state index contributed by atoms with van der Waals surface area (Å²) in [5, 5.41) is 0.896. The quantitative estimate of drug-likeness (QED) is 0.424. The van der Waals surface area contributed by atoms with Crippen LogP contribution in [-0.2, 0) is 23.0 Å². The Balaban J connectivity index is 1.35. The molecule has 1 fully saturated rings. The van der Waals surface area contributed by atoms with Crippen molar-refractivity contribution in [2.24, 2.45) is 5.73 Å². The molecule has 0 radical (unpaired) electrons. The third-order valence-electron chi connectivity index (χ3n) is 7.31. The Morgan fingerprint density at radius 2 is 1.76 bits per heavy atom. The number of piperidine rings is 1. The molecule has 9 nitrogen and oxygen atoms in total. The molecular formula is C27H29N7O2S. The third-order valence-corrected chi connectivity index (χ3v) is 9.21. The maximum absolute atomic E-state index is 13.4. The van der Waals surface area contributed by atoms with Gasteiger partial charge in [0.15, 0.2) is 0 Å². The smallest absolute Gasteiger partial charge is 0.243 e. The van der Waals surface area contributed by atoms with Crippen LogP contribution in [-0.4, -0.2) is 53.4 Å². The van der Waals surface area contributed by atoms with Gasteiger partial charge in [0.25, 0.3) is 0 Å².